The van der Waals surface area contributed by atoms with E-state index in [9.17, 15) is 0 Å². The average Bonchev–Trinajstić information content (AvgIpc) is 2.61. The summed E-state index contributed by atoms with van der Waals surface area (Å²) >= 11 is 0. The molecule has 12 heavy (non-hydrogen) atoms. The summed E-state index contributed by atoms with van der Waals surface area (Å²) in [7, 11) is 0. The highest BCUT2D eigenvalue weighted by atomic mass is 15.1. The molecule has 0 radical (unpaired) electrons. The first-order valence-electron chi connectivity index (χ1n) is 4.14. The molecule has 58 valence electrons. The zero-order valence-electron chi connectivity index (χ0n) is 6.91. The third kappa shape index (κ3) is 0.681. The van der Waals surface area contributed by atoms with Crippen LogP contribution in [0.2, 0.25) is 0 Å². The molecule has 0 unspecified atom stereocenters. The fourth-order valence-corrected chi connectivity index (χ4v) is 1.59. The molecule has 0 spiro atoms. The lowest BCUT2D eigenvalue weighted by molar-refractivity contribution is 1.20. The fourth-order valence-electron chi connectivity index (χ4n) is 1.59. The minimum Gasteiger partial charge on any atom is -0.313 e. The molecular formula is C11H9N. The molecule has 0 saturated carbocycles. The lowest BCUT2D eigenvalue weighted by Gasteiger charge is -2.07. The van der Waals surface area contributed by atoms with Crippen LogP contribution in [0.1, 0.15) is 5.56 Å². The SMILES string of the molecule is Cc1cccc(-c2cc3cn2-3)c1. The highest BCUT2D eigenvalue weighted by Crippen LogP contribution is 2.36. The Kier molecular flexibility index (Phi) is 0.912. The predicted molar refractivity (Wildman–Crippen MR) is 49.5 cm³/mol. The van der Waals surface area contributed by atoms with Gasteiger partial charge in [-0.3, -0.25) is 0 Å². The Bertz CT molecular complexity index is 452. The minimum atomic E-state index is 1.32. The van der Waals surface area contributed by atoms with Crippen molar-refractivity contribution in [3.8, 4) is 16.9 Å². The number of hydrogen-bond acceptors (Lipinski definition) is 0. The van der Waals surface area contributed by atoms with Crippen LogP contribution in [0.5, 0.6) is 0 Å². The molecule has 1 aromatic carbocycles. The Balaban J connectivity index is 2.14. The van der Waals surface area contributed by atoms with E-state index in [0.717, 1.165) is 0 Å². The van der Waals surface area contributed by atoms with Crippen molar-refractivity contribution < 1.29 is 0 Å². The van der Waals surface area contributed by atoms with Crippen LogP contribution in [0.15, 0.2) is 36.5 Å². The molecule has 0 aliphatic carbocycles. The van der Waals surface area contributed by atoms with Gasteiger partial charge in [0.25, 0.3) is 0 Å². The molecule has 2 heterocycles. The normalized spacial score (nSPS) is 11.8. The monoisotopic (exact) mass is 155 g/mol. The highest BCUT2D eigenvalue weighted by Gasteiger charge is 2.20. The third-order valence-corrected chi connectivity index (χ3v) is 2.33. The van der Waals surface area contributed by atoms with Gasteiger partial charge in [0.1, 0.15) is 0 Å². The first-order valence-corrected chi connectivity index (χ1v) is 4.14. The van der Waals surface area contributed by atoms with Crippen LogP contribution >= 0.6 is 0 Å². The summed E-state index contributed by atoms with van der Waals surface area (Å²) in [5.74, 6) is 0. The largest absolute Gasteiger partial charge is 0.313 e. The minimum absolute atomic E-state index is 1.32. The zero-order chi connectivity index (χ0) is 8.13. The van der Waals surface area contributed by atoms with Gasteiger partial charge >= 0.3 is 0 Å². The molecule has 1 heteroatoms. The smallest absolute Gasteiger partial charge is 0.0644 e. The summed E-state index contributed by atoms with van der Waals surface area (Å²) in [6, 6.07) is 10.8. The van der Waals surface area contributed by atoms with Gasteiger partial charge in [-0.15, -0.1) is 0 Å². The van der Waals surface area contributed by atoms with Crippen LogP contribution in [0.3, 0.4) is 0 Å². The van der Waals surface area contributed by atoms with Gasteiger partial charge in [0.05, 0.1) is 11.4 Å². The second-order valence-corrected chi connectivity index (χ2v) is 3.32. The van der Waals surface area contributed by atoms with Gasteiger partial charge in [0, 0.05) is 6.20 Å². The van der Waals surface area contributed by atoms with E-state index in [0.29, 0.717) is 0 Å². The lowest BCUT2D eigenvalue weighted by atomic mass is 10.1. The molecule has 0 saturated heterocycles. The van der Waals surface area contributed by atoms with Crippen molar-refractivity contribution in [2.45, 2.75) is 6.92 Å². The highest BCUT2D eigenvalue weighted by molar-refractivity contribution is 5.74. The molecule has 0 fully saturated rings. The van der Waals surface area contributed by atoms with E-state index in [1.807, 2.05) is 0 Å². The Morgan fingerprint density at radius 2 is 2.08 bits per heavy atom. The van der Waals surface area contributed by atoms with Gasteiger partial charge in [-0.1, -0.05) is 23.8 Å². The quantitative estimate of drug-likeness (QED) is 0.509. The molecule has 2 aliphatic heterocycles. The van der Waals surface area contributed by atoms with Gasteiger partial charge in [-0.25, -0.2) is 0 Å². The first kappa shape index (κ1) is 6.06. The lowest BCUT2D eigenvalue weighted by Crippen LogP contribution is -1.90. The maximum absolute atomic E-state index is 2.22. The van der Waals surface area contributed by atoms with E-state index < -0.39 is 0 Å². The topological polar surface area (TPSA) is 4.93 Å². The molecule has 2 aliphatic rings. The van der Waals surface area contributed by atoms with Crippen molar-refractivity contribution >= 4 is 0 Å². The number of nitrogens with zero attached hydrogens (tertiary/aromatic N) is 1. The predicted octanol–water partition coefficient (Wildman–Crippen LogP) is 2.77. The molecular weight excluding hydrogens is 146 g/mol. The van der Waals surface area contributed by atoms with Crippen molar-refractivity contribution in [1.29, 1.82) is 0 Å². The van der Waals surface area contributed by atoms with E-state index >= 15 is 0 Å². The van der Waals surface area contributed by atoms with Gasteiger partial charge in [-0.05, 0) is 24.6 Å². The van der Waals surface area contributed by atoms with E-state index in [1.165, 1.54) is 22.5 Å². The Morgan fingerprint density at radius 3 is 2.67 bits per heavy atom. The Hall–Kier alpha value is -1.50. The van der Waals surface area contributed by atoms with Crippen molar-refractivity contribution in [3.05, 3.63) is 42.1 Å². The number of rotatable bonds is 1. The maximum Gasteiger partial charge on any atom is 0.0644 e. The fraction of sp³-hybridized carbons (Fsp3) is 0.0909. The summed E-state index contributed by atoms with van der Waals surface area (Å²) in [6.45, 7) is 2.12. The summed E-state index contributed by atoms with van der Waals surface area (Å²) in [6.07, 6.45) is 2.15. The molecule has 1 nitrogen and oxygen atoms in total. The molecule has 0 atom stereocenters. The van der Waals surface area contributed by atoms with Gasteiger partial charge in [-0.2, -0.15) is 0 Å². The van der Waals surface area contributed by atoms with E-state index in [1.54, 1.807) is 0 Å². The van der Waals surface area contributed by atoms with Crippen LogP contribution < -0.4 is 0 Å². The summed E-state index contributed by atoms with van der Waals surface area (Å²) in [5.41, 5.74) is 5.36. The number of hydrogen-bond donors (Lipinski definition) is 0. The summed E-state index contributed by atoms with van der Waals surface area (Å²) < 4.78 is 2.22. The molecule has 3 rings (SSSR count). The number of aryl methyl sites for hydroxylation is 1. The third-order valence-electron chi connectivity index (χ3n) is 2.33. The van der Waals surface area contributed by atoms with Crippen LogP contribution in [0, 0.1) is 6.92 Å². The average molecular weight is 155 g/mol. The maximum atomic E-state index is 2.22. The zero-order valence-corrected chi connectivity index (χ0v) is 6.91. The summed E-state index contributed by atoms with van der Waals surface area (Å²) in [4.78, 5) is 0. The van der Waals surface area contributed by atoms with Crippen LogP contribution in [0.4, 0.5) is 0 Å². The van der Waals surface area contributed by atoms with Gasteiger partial charge in [0.2, 0.25) is 0 Å². The van der Waals surface area contributed by atoms with Crippen molar-refractivity contribution in [3.63, 3.8) is 0 Å². The molecule has 1 aromatic rings. The first-order chi connectivity index (χ1) is 5.84. The molecule has 0 N–H and O–H groups in total. The Labute approximate surface area is 71.3 Å². The molecule has 0 amide bonds. The molecule has 0 bridgehead atoms. The van der Waals surface area contributed by atoms with Crippen LogP contribution in [-0.4, -0.2) is 4.57 Å². The second kappa shape index (κ2) is 1.81. The standard InChI is InChI=1S/C11H9N/c1-8-3-2-4-9(5-8)11-6-10-7-12(10)11/h2-7H,1H3. The number of aromatic nitrogens is 1. The van der Waals surface area contributed by atoms with E-state index in [-0.39, 0.29) is 0 Å². The van der Waals surface area contributed by atoms with Crippen molar-refractivity contribution in [2.24, 2.45) is 0 Å². The summed E-state index contributed by atoms with van der Waals surface area (Å²) in [5, 5.41) is 0. The number of benzene rings is 1. The van der Waals surface area contributed by atoms with E-state index in [4.69, 9.17) is 0 Å². The van der Waals surface area contributed by atoms with Gasteiger partial charge in [0.15, 0.2) is 0 Å². The van der Waals surface area contributed by atoms with Crippen LogP contribution in [0.25, 0.3) is 16.9 Å². The van der Waals surface area contributed by atoms with Gasteiger partial charge < -0.3 is 4.57 Å². The van der Waals surface area contributed by atoms with Crippen molar-refractivity contribution in [1.82, 2.24) is 4.57 Å². The van der Waals surface area contributed by atoms with Crippen LogP contribution in [-0.2, 0) is 0 Å². The van der Waals surface area contributed by atoms with Crippen molar-refractivity contribution in [2.75, 3.05) is 0 Å². The second-order valence-electron chi connectivity index (χ2n) is 3.32. The van der Waals surface area contributed by atoms with E-state index in [2.05, 4.69) is 48.0 Å². The number of fused-ring (bicyclic) bond motifs is 1. The molecule has 0 aromatic heterocycles. The Morgan fingerprint density at radius 1 is 1.17 bits per heavy atom.